The zero-order valence-electron chi connectivity index (χ0n) is 18.3. The molecule has 2 aliphatic heterocycles. The molecular weight excluding hydrogens is 380 g/mol. The number of phenols is 1. The highest BCUT2D eigenvalue weighted by atomic mass is 16.5. The predicted octanol–water partition coefficient (Wildman–Crippen LogP) is 3.47. The average Bonchev–Trinajstić information content (AvgIpc) is 3.13. The smallest absolute Gasteiger partial charge is 0.272 e. The number of morpholine rings is 1. The first-order valence-corrected chi connectivity index (χ1v) is 11.4. The zero-order chi connectivity index (χ0) is 21.3. The van der Waals surface area contributed by atoms with Crippen LogP contribution in [0.15, 0.2) is 18.2 Å². The van der Waals surface area contributed by atoms with E-state index in [4.69, 9.17) is 4.74 Å². The Bertz CT molecular complexity index is 882. The third kappa shape index (κ3) is 3.93. The Labute approximate surface area is 178 Å². The number of benzene rings is 1. The van der Waals surface area contributed by atoms with E-state index in [-0.39, 0.29) is 23.7 Å². The van der Waals surface area contributed by atoms with Crippen LogP contribution in [0.4, 0.5) is 0 Å². The number of nitrogens with zero attached hydrogens (tertiary/aromatic N) is 3. The van der Waals surface area contributed by atoms with Crippen molar-refractivity contribution in [3.63, 3.8) is 0 Å². The molecule has 0 spiro atoms. The lowest BCUT2D eigenvalue weighted by molar-refractivity contribution is -0.0802. The Balaban J connectivity index is 1.54. The molecule has 2 aromatic rings. The molecule has 4 rings (SSSR count). The lowest BCUT2D eigenvalue weighted by Crippen LogP contribution is -2.60. The fourth-order valence-corrected chi connectivity index (χ4v) is 4.91. The minimum atomic E-state index is -0.199. The minimum Gasteiger partial charge on any atom is -0.507 e. The number of amides is 1. The van der Waals surface area contributed by atoms with Crippen LogP contribution in [0.1, 0.15) is 69.4 Å². The topological polar surface area (TPSA) is 79.6 Å². The van der Waals surface area contributed by atoms with Crippen molar-refractivity contribution in [2.75, 3.05) is 19.8 Å². The van der Waals surface area contributed by atoms with Crippen molar-refractivity contribution in [3.8, 4) is 5.75 Å². The molecule has 1 amide bonds. The number of unbranched alkanes of at least 4 members (excludes halogenated alkanes) is 1. The third-order valence-corrected chi connectivity index (χ3v) is 6.71. The largest absolute Gasteiger partial charge is 0.507 e. The van der Waals surface area contributed by atoms with Gasteiger partial charge in [0.15, 0.2) is 5.69 Å². The molecule has 0 radical (unpaired) electrons. The lowest BCUT2D eigenvalue weighted by atomic mass is 9.89. The Morgan fingerprint density at radius 1 is 1.30 bits per heavy atom. The van der Waals surface area contributed by atoms with E-state index in [2.05, 4.69) is 36.1 Å². The maximum absolute atomic E-state index is 13.2. The molecule has 2 bridgehead atoms. The van der Waals surface area contributed by atoms with E-state index >= 15 is 0 Å². The van der Waals surface area contributed by atoms with Gasteiger partial charge >= 0.3 is 0 Å². The Morgan fingerprint density at radius 2 is 2.03 bits per heavy atom. The summed E-state index contributed by atoms with van der Waals surface area (Å²) in [6.45, 7) is 8.96. The Hall–Kier alpha value is -2.12. The van der Waals surface area contributed by atoms with E-state index in [1.165, 1.54) is 12.8 Å². The number of aromatic nitrogens is 2. The molecule has 2 unspecified atom stereocenters. The molecule has 2 aliphatic rings. The highest BCUT2D eigenvalue weighted by Gasteiger charge is 2.39. The van der Waals surface area contributed by atoms with Crippen LogP contribution in [0, 0.1) is 0 Å². The van der Waals surface area contributed by atoms with Crippen LogP contribution in [0.5, 0.6) is 5.75 Å². The van der Waals surface area contributed by atoms with Crippen molar-refractivity contribution >= 4 is 16.8 Å². The molecule has 0 saturated carbocycles. The van der Waals surface area contributed by atoms with Crippen molar-refractivity contribution in [1.82, 2.24) is 20.0 Å². The highest BCUT2D eigenvalue weighted by Crippen LogP contribution is 2.32. The number of aromatic hydroxyl groups is 1. The SMILES string of the molecule is CCCCN1C2COCC1CC(NC(=O)c1nn([C@@H](C)CC)c3cccc(O)c13)C2. The molecular formula is C23H34N4O3. The predicted molar refractivity (Wildman–Crippen MR) is 117 cm³/mol. The molecule has 7 nitrogen and oxygen atoms in total. The monoisotopic (exact) mass is 414 g/mol. The standard InChI is InChI=1S/C23H34N4O3/c1-4-6-10-26-17-11-16(12-18(26)14-30-13-17)24-23(29)22-21-19(8-7-9-20(21)28)27(25-22)15(3)5-2/h7-9,15-18,28H,4-6,10-14H2,1-3H3,(H,24,29)/t15-,16?,17?,18?/m0/s1. The fourth-order valence-electron chi connectivity index (χ4n) is 4.91. The number of rotatable bonds is 7. The number of ether oxygens (including phenoxy) is 1. The number of hydrogen-bond donors (Lipinski definition) is 2. The number of carbonyl (C=O) groups excluding carboxylic acids is 1. The average molecular weight is 415 g/mol. The van der Waals surface area contributed by atoms with E-state index in [1.807, 2.05) is 10.7 Å². The molecule has 0 aliphatic carbocycles. The summed E-state index contributed by atoms with van der Waals surface area (Å²) in [7, 11) is 0. The van der Waals surface area contributed by atoms with Crippen LogP contribution in [0.2, 0.25) is 0 Å². The van der Waals surface area contributed by atoms with Gasteiger partial charge in [0.05, 0.1) is 24.1 Å². The second kappa shape index (κ2) is 8.94. The van der Waals surface area contributed by atoms with Gasteiger partial charge in [-0.2, -0.15) is 5.10 Å². The van der Waals surface area contributed by atoms with Gasteiger partial charge in [-0.1, -0.05) is 26.3 Å². The first kappa shape index (κ1) is 21.1. The van der Waals surface area contributed by atoms with Gasteiger partial charge in [-0.25, -0.2) is 0 Å². The van der Waals surface area contributed by atoms with Crippen LogP contribution >= 0.6 is 0 Å². The first-order chi connectivity index (χ1) is 14.5. The van der Waals surface area contributed by atoms with Gasteiger partial charge in [-0.15, -0.1) is 0 Å². The lowest BCUT2D eigenvalue weighted by Gasteiger charge is -2.48. The van der Waals surface area contributed by atoms with E-state index in [1.54, 1.807) is 12.1 Å². The summed E-state index contributed by atoms with van der Waals surface area (Å²) in [4.78, 5) is 15.8. The van der Waals surface area contributed by atoms with E-state index in [0.717, 1.165) is 44.5 Å². The van der Waals surface area contributed by atoms with Crippen molar-refractivity contribution in [1.29, 1.82) is 0 Å². The Kier molecular flexibility index (Phi) is 6.29. The second-order valence-electron chi connectivity index (χ2n) is 8.80. The molecule has 2 N–H and O–H groups in total. The third-order valence-electron chi connectivity index (χ3n) is 6.71. The van der Waals surface area contributed by atoms with Crippen molar-refractivity contribution in [2.24, 2.45) is 0 Å². The molecule has 2 fully saturated rings. The zero-order valence-corrected chi connectivity index (χ0v) is 18.3. The number of phenolic OH excluding ortho intramolecular Hbond substituents is 1. The Morgan fingerprint density at radius 3 is 2.70 bits per heavy atom. The fraction of sp³-hybridized carbons (Fsp3) is 0.652. The summed E-state index contributed by atoms with van der Waals surface area (Å²) in [5, 5.41) is 18.9. The van der Waals surface area contributed by atoms with Crippen LogP contribution in [0.3, 0.4) is 0 Å². The maximum Gasteiger partial charge on any atom is 0.272 e. The number of carbonyl (C=O) groups is 1. The van der Waals surface area contributed by atoms with Crippen LogP contribution in [-0.2, 0) is 4.74 Å². The van der Waals surface area contributed by atoms with Gasteiger partial charge in [0.2, 0.25) is 0 Å². The van der Waals surface area contributed by atoms with Gasteiger partial charge in [0, 0.05) is 24.2 Å². The normalized spacial score (nSPS) is 25.4. The van der Waals surface area contributed by atoms with E-state index < -0.39 is 0 Å². The van der Waals surface area contributed by atoms with Crippen LogP contribution in [0.25, 0.3) is 10.9 Å². The minimum absolute atomic E-state index is 0.101. The van der Waals surface area contributed by atoms with Gasteiger partial charge in [0.1, 0.15) is 5.75 Å². The number of piperidine rings is 1. The van der Waals surface area contributed by atoms with Crippen LogP contribution < -0.4 is 5.32 Å². The number of nitrogens with one attached hydrogen (secondary N) is 1. The van der Waals surface area contributed by atoms with Crippen molar-refractivity contribution in [2.45, 2.75) is 77.0 Å². The maximum atomic E-state index is 13.2. The molecule has 3 atom stereocenters. The van der Waals surface area contributed by atoms with Gasteiger partial charge < -0.3 is 15.2 Å². The summed E-state index contributed by atoms with van der Waals surface area (Å²) >= 11 is 0. The van der Waals surface area contributed by atoms with Gasteiger partial charge in [-0.3, -0.25) is 14.4 Å². The highest BCUT2D eigenvalue weighted by molar-refractivity contribution is 6.07. The number of hydrogen-bond acceptors (Lipinski definition) is 5. The summed E-state index contributed by atoms with van der Waals surface area (Å²) in [6.07, 6.45) is 5.06. The summed E-state index contributed by atoms with van der Waals surface area (Å²) in [6, 6.07) is 6.30. The molecule has 3 heterocycles. The molecule has 164 valence electrons. The molecule has 1 aromatic carbocycles. The van der Waals surface area contributed by atoms with E-state index in [9.17, 15) is 9.90 Å². The molecule has 1 aromatic heterocycles. The quantitative estimate of drug-likeness (QED) is 0.725. The summed E-state index contributed by atoms with van der Waals surface area (Å²) < 4.78 is 7.66. The van der Waals surface area contributed by atoms with E-state index in [0.29, 0.717) is 23.2 Å². The summed E-state index contributed by atoms with van der Waals surface area (Å²) in [5.74, 6) is -0.0959. The van der Waals surface area contributed by atoms with Crippen molar-refractivity contribution < 1.29 is 14.6 Å². The summed E-state index contributed by atoms with van der Waals surface area (Å²) in [5.41, 5.74) is 1.12. The number of fused-ring (bicyclic) bond motifs is 3. The van der Waals surface area contributed by atoms with Gasteiger partial charge in [-0.05, 0) is 51.3 Å². The molecule has 30 heavy (non-hydrogen) atoms. The van der Waals surface area contributed by atoms with Crippen LogP contribution in [-0.4, -0.2) is 63.6 Å². The molecule has 2 saturated heterocycles. The first-order valence-electron chi connectivity index (χ1n) is 11.4. The van der Waals surface area contributed by atoms with Gasteiger partial charge in [0.25, 0.3) is 5.91 Å². The second-order valence-corrected chi connectivity index (χ2v) is 8.80. The molecule has 7 heteroatoms. The van der Waals surface area contributed by atoms with Crippen molar-refractivity contribution in [3.05, 3.63) is 23.9 Å².